The Bertz CT molecular complexity index is 1180. The van der Waals surface area contributed by atoms with E-state index in [2.05, 4.69) is 9.46 Å². The molecule has 0 aliphatic heterocycles. The van der Waals surface area contributed by atoms with Crippen molar-refractivity contribution in [3.63, 3.8) is 0 Å². The van der Waals surface area contributed by atoms with Crippen molar-refractivity contribution in [2.75, 3.05) is 26.1 Å². The topological polar surface area (TPSA) is 83.1 Å². The number of nitrogens with one attached hydrogen (secondary N) is 1. The molecule has 0 bridgehead atoms. The van der Waals surface area contributed by atoms with Crippen LogP contribution < -0.4 is 23.7 Å². The lowest BCUT2D eigenvalue weighted by atomic mass is 10.0. The summed E-state index contributed by atoms with van der Waals surface area (Å²) in [6.45, 7) is -3.04. The van der Waals surface area contributed by atoms with Crippen LogP contribution in [0.25, 0.3) is 11.1 Å². The molecule has 0 saturated heterocycles. The van der Waals surface area contributed by atoms with E-state index in [-0.39, 0.29) is 27.6 Å². The molecule has 0 radical (unpaired) electrons. The van der Waals surface area contributed by atoms with Crippen molar-refractivity contribution >= 4 is 15.7 Å². The Balaban J connectivity index is 1.99. The van der Waals surface area contributed by atoms with Gasteiger partial charge in [-0.3, -0.25) is 4.72 Å². The molecule has 3 aromatic rings. The van der Waals surface area contributed by atoms with E-state index in [1.165, 1.54) is 57.7 Å². The van der Waals surface area contributed by atoms with E-state index < -0.39 is 16.6 Å². The Morgan fingerprint density at radius 1 is 0.781 bits per heavy atom. The first-order valence-corrected chi connectivity index (χ1v) is 10.7. The lowest BCUT2D eigenvalue weighted by Gasteiger charge is -2.15. The summed E-state index contributed by atoms with van der Waals surface area (Å²) in [6, 6.07) is 14.8. The van der Waals surface area contributed by atoms with Gasteiger partial charge in [-0.1, -0.05) is 12.1 Å². The Morgan fingerprint density at radius 3 is 2.03 bits per heavy atom. The number of halogens is 2. The molecule has 1 N–H and O–H groups in total. The summed E-state index contributed by atoms with van der Waals surface area (Å²) < 4.78 is 74.0. The van der Waals surface area contributed by atoms with Gasteiger partial charge in [0, 0.05) is 17.3 Å². The van der Waals surface area contributed by atoms with Gasteiger partial charge in [-0.25, -0.2) is 8.42 Å². The van der Waals surface area contributed by atoms with Gasteiger partial charge in [-0.05, 0) is 48.0 Å². The molecular formula is C22H21F2NO6S. The number of hydrogen-bond acceptors (Lipinski definition) is 6. The SMILES string of the molecule is COc1ccc(-c2cc(NS(=O)(=O)c3ccc(OC)c(OC)c3)ccc2OC(F)F)cc1. The third kappa shape index (κ3) is 5.20. The smallest absolute Gasteiger partial charge is 0.387 e. The molecule has 0 heterocycles. The minimum absolute atomic E-state index is 0.0611. The predicted octanol–water partition coefficient (Wildman–Crippen LogP) is 4.78. The molecule has 0 spiro atoms. The monoisotopic (exact) mass is 465 g/mol. The van der Waals surface area contributed by atoms with Gasteiger partial charge in [0.2, 0.25) is 0 Å². The van der Waals surface area contributed by atoms with Crippen LogP contribution in [0.15, 0.2) is 65.6 Å². The van der Waals surface area contributed by atoms with E-state index in [9.17, 15) is 17.2 Å². The van der Waals surface area contributed by atoms with Gasteiger partial charge >= 0.3 is 6.61 Å². The molecular weight excluding hydrogens is 444 g/mol. The first-order valence-electron chi connectivity index (χ1n) is 9.25. The average molecular weight is 465 g/mol. The van der Waals surface area contributed by atoms with Gasteiger partial charge in [0.05, 0.1) is 26.2 Å². The van der Waals surface area contributed by atoms with Crippen LogP contribution in [0.1, 0.15) is 0 Å². The third-order valence-electron chi connectivity index (χ3n) is 4.51. The Morgan fingerprint density at radius 2 is 1.44 bits per heavy atom. The second-order valence-corrected chi connectivity index (χ2v) is 8.12. The fraction of sp³-hybridized carbons (Fsp3) is 0.182. The van der Waals surface area contributed by atoms with Gasteiger partial charge in [-0.15, -0.1) is 0 Å². The van der Waals surface area contributed by atoms with Crippen LogP contribution in [-0.4, -0.2) is 36.4 Å². The maximum atomic E-state index is 12.9. The van der Waals surface area contributed by atoms with Crippen LogP contribution >= 0.6 is 0 Å². The molecule has 0 saturated carbocycles. The number of anilines is 1. The first-order chi connectivity index (χ1) is 15.3. The zero-order valence-electron chi connectivity index (χ0n) is 17.5. The second-order valence-electron chi connectivity index (χ2n) is 6.44. The van der Waals surface area contributed by atoms with Crippen LogP contribution in [0.2, 0.25) is 0 Å². The highest BCUT2D eigenvalue weighted by Crippen LogP contribution is 2.36. The molecule has 32 heavy (non-hydrogen) atoms. The van der Waals surface area contributed by atoms with E-state index in [1.807, 2.05) is 0 Å². The number of alkyl halides is 2. The number of sulfonamides is 1. The number of hydrogen-bond donors (Lipinski definition) is 1. The Hall–Kier alpha value is -3.53. The van der Waals surface area contributed by atoms with Crippen molar-refractivity contribution in [2.24, 2.45) is 0 Å². The minimum Gasteiger partial charge on any atom is -0.497 e. The number of benzene rings is 3. The third-order valence-corrected chi connectivity index (χ3v) is 5.89. The quantitative estimate of drug-likeness (QED) is 0.490. The van der Waals surface area contributed by atoms with E-state index in [0.29, 0.717) is 17.1 Å². The summed E-state index contributed by atoms with van der Waals surface area (Å²) in [7, 11) is 0.325. The average Bonchev–Trinajstić information content (AvgIpc) is 2.79. The number of methoxy groups -OCH3 is 3. The van der Waals surface area contributed by atoms with Crippen molar-refractivity contribution < 1.29 is 36.1 Å². The molecule has 3 aromatic carbocycles. The minimum atomic E-state index is -4.01. The molecule has 0 atom stereocenters. The van der Waals surface area contributed by atoms with Gasteiger partial charge in [0.15, 0.2) is 11.5 Å². The second kappa shape index (κ2) is 9.73. The standard InChI is InChI=1S/C22H21F2NO6S/c1-28-16-7-4-14(5-8-16)18-12-15(6-10-19(18)31-22(23)24)25-32(26,27)17-9-11-20(29-2)21(13-17)30-3/h4-13,22,25H,1-3H3. The lowest BCUT2D eigenvalue weighted by molar-refractivity contribution is -0.0494. The Kier molecular flexibility index (Phi) is 7.04. The molecule has 0 unspecified atom stereocenters. The van der Waals surface area contributed by atoms with Gasteiger partial charge < -0.3 is 18.9 Å². The summed E-state index contributed by atoms with van der Waals surface area (Å²) in [5.41, 5.74) is 0.973. The van der Waals surface area contributed by atoms with Crippen molar-refractivity contribution in [1.82, 2.24) is 0 Å². The maximum Gasteiger partial charge on any atom is 0.387 e. The van der Waals surface area contributed by atoms with Gasteiger partial charge in [0.1, 0.15) is 11.5 Å². The van der Waals surface area contributed by atoms with E-state index in [4.69, 9.17) is 14.2 Å². The molecule has 3 rings (SSSR count). The first kappa shape index (κ1) is 23.1. The molecule has 7 nitrogen and oxygen atoms in total. The van der Waals surface area contributed by atoms with Crippen molar-refractivity contribution in [3.8, 4) is 34.1 Å². The largest absolute Gasteiger partial charge is 0.497 e. The van der Waals surface area contributed by atoms with Crippen molar-refractivity contribution in [3.05, 3.63) is 60.7 Å². The fourth-order valence-corrected chi connectivity index (χ4v) is 4.05. The summed E-state index contributed by atoms with van der Waals surface area (Å²) in [6.07, 6.45) is 0. The van der Waals surface area contributed by atoms with E-state index in [1.54, 1.807) is 24.3 Å². The molecule has 10 heteroatoms. The summed E-state index contributed by atoms with van der Waals surface area (Å²) in [4.78, 5) is -0.0611. The lowest BCUT2D eigenvalue weighted by Crippen LogP contribution is -2.13. The molecule has 0 fully saturated rings. The summed E-state index contributed by atoms with van der Waals surface area (Å²) in [5.74, 6) is 1.10. The van der Waals surface area contributed by atoms with Crippen LogP contribution in [0.4, 0.5) is 14.5 Å². The molecule has 0 aliphatic rings. The van der Waals surface area contributed by atoms with Gasteiger partial charge in [0.25, 0.3) is 10.0 Å². The van der Waals surface area contributed by atoms with E-state index >= 15 is 0 Å². The number of ether oxygens (including phenoxy) is 4. The highest BCUT2D eigenvalue weighted by Gasteiger charge is 2.19. The van der Waals surface area contributed by atoms with E-state index in [0.717, 1.165) is 0 Å². The van der Waals surface area contributed by atoms with Crippen molar-refractivity contribution in [1.29, 1.82) is 0 Å². The zero-order valence-corrected chi connectivity index (χ0v) is 18.3. The maximum absolute atomic E-state index is 12.9. The highest BCUT2D eigenvalue weighted by atomic mass is 32.2. The molecule has 0 aliphatic carbocycles. The number of rotatable bonds is 9. The van der Waals surface area contributed by atoms with Crippen LogP contribution in [0, 0.1) is 0 Å². The summed E-state index contributed by atoms with van der Waals surface area (Å²) in [5, 5.41) is 0. The van der Waals surface area contributed by atoms with Crippen LogP contribution in [-0.2, 0) is 10.0 Å². The zero-order chi connectivity index (χ0) is 23.3. The highest BCUT2D eigenvalue weighted by molar-refractivity contribution is 7.92. The normalized spacial score (nSPS) is 11.2. The van der Waals surface area contributed by atoms with Crippen molar-refractivity contribution in [2.45, 2.75) is 11.5 Å². The van der Waals surface area contributed by atoms with Crippen LogP contribution in [0.3, 0.4) is 0 Å². The molecule has 0 aromatic heterocycles. The fourth-order valence-electron chi connectivity index (χ4n) is 2.99. The molecule has 0 amide bonds. The molecule has 170 valence electrons. The van der Waals surface area contributed by atoms with Gasteiger partial charge in [-0.2, -0.15) is 8.78 Å². The predicted molar refractivity (Wildman–Crippen MR) is 115 cm³/mol. The summed E-state index contributed by atoms with van der Waals surface area (Å²) >= 11 is 0. The van der Waals surface area contributed by atoms with Crippen LogP contribution in [0.5, 0.6) is 23.0 Å². The Labute approximate surface area is 184 Å².